The summed E-state index contributed by atoms with van der Waals surface area (Å²) in [5.41, 5.74) is 0. The van der Waals surface area contributed by atoms with Gasteiger partial charge in [-0.3, -0.25) is 9.78 Å². The van der Waals surface area contributed by atoms with Gasteiger partial charge in [-0.1, -0.05) is 0 Å². The van der Waals surface area contributed by atoms with Crippen LogP contribution in [-0.2, 0) is 4.79 Å². The number of hydrogen-bond donors (Lipinski definition) is 1. The second-order valence-corrected chi connectivity index (χ2v) is 4.42. The quantitative estimate of drug-likeness (QED) is 0.812. The van der Waals surface area contributed by atoms with Crippen LogP contribution in [0.4, 0.5) is 5.13 Å². The van der Waals surface area contributed by atoms with Crippen molar-refractivity contribution >= 4 is 22.4 Å². The summed E-state index contributed by atoms with van der Waals surface area (Å²) in [6, 6.07) is 3.65. The van der Waals surface area contributed by atoms with Crippen molar-refractivity contribution in [3.8, 4) is 5.75 Å². The monoisotopic (exact) mass is 263 g/mol. The summed E-state index contributed by atoms with van der Waals surface area (Å²) < 4.78 is 5.44. The molecule has 1 amide bonds. The van der Waals surface area contributed by atoms with E-state index in [0.29, 0.717) is 24.6 Å². The first-order valence-electron chi connectivity index (χ1n) is 5.57. The lowest BCUT2D eigenvalue weighted by atomic mass is 10.3. The summed E-state index contributed by atoms with van der Waals surface area (Å²) in [4.78, 5) is 19.4. The maximum Gasteiger partial charge on any atom is 0.226 e. The molecule has 0 saturated carbocycles. The van der Waals surface area contributed by atoms with E-state index in [9.17, 15) is 4.79 Å². The van der Waals surface area contributed by atoms with Gasteiger partial charge in [-0.25, -0.2) is 4.98 Å². The fourth-order valence-electron chi connectivity index (χ4n) is 1.32. The molecule has 2 rings (SSSR count). The summed E-state index contributed by atoms with van der Waals surface area (Å²) in [6.07, 6.45) is 6.07. The van der Waals surface area contributed by atoms with Crippen LogP contribution in [-0.4, -0.2) is 22.5 Å². The molecule has 0 fully saturated rings. The summed E-state index contributed by atoms with van der Waals surface area (Å²) in [6.45, 7) is 0.497. The fourth-order valence-corrected chi connectivity index (χ4v) is 1.87. The summed E-state index contributed by atoms with van der Waals surface area (Å²) in [5, 5.41) is 5.17. The number of amides is 1. The first kappa shape index (κ1) is 12.5. The van der Waals surface area contributed by atoms with Gasteiger partial charge in [0.1, 0.15) is 5.75 Å². The van der Waals surface area contributed by atoms with E-state index in [1.807, 2.05) is 17.5 Å². The van der Waals surface area contributed by atoms with Gasteiger partial charge in [0, 0.05) is 24.2 Å². The van der Waals surface area contributed by atoms with Gasteiger partial charge < -0.3 is 10.1 Å². The minimum Gasteiger partial charge on any atom is -0.492 e. The minimum atomic E-state index is -0.0419. The van der Waals surface area contributed by atoms with Crippen LogP contribution in [0.15, 0.2) is 36.1 Å². The lowest BCUT2D eigenvalue weighted by Crippen LogP contribution is -2.12. The molecule has 0 spiro atoms. The second-order valence-electron chi connectivity index (χ2n) is 3.53. The highest BCUT2D eigenvalue weighted by atomic mass is 32.1. The van der Waals surface area contributed by atoms with Crippen LogP contribution in [0.25, 0.3) is 0 Å². The number of aromatic nitrogens is 2. The van der Waals surface area contributed by atoms with Gasteiger partial charge in [0.05, 0.1) is 12.8 Å². The van der Waals surface area contributed by atoms with Crippen molar-refractivity contribution < 1.29 is 9.53 Å². The Morgan fingerprint density at radius 2 is 2.39 bits per heavy atom. The van der Waals surface area contributed by atoms with Crippen molar-refractivity contribution in [3.63, 3.8) is 0 Å². The van der Waals surface area contributed by atoms with Crippen molar-refractivity contribution in [3.05, 3.63) is 36.1 Å². The number of carbonyl (C=O) groups is 1. The maximum absolute atomic E-state index is 11.5. The normalized spacial score (nSPS) is 10.0. The molecule has 94 valence electrons. The van der Waals surface area contributed by atoms with Crippen molar-refractivity contribution in [1.29, 1.82) is 0 Å². The Morgan fingerprint density at radius 3 is 3.11 bits per heavy atom. The van der Waals surface area contributed by atoms with Gasteiger partial charge in [0.15, 0.2) is 5.13 Å². The summed E-state index contributed by atoms with van der Waals surface area (Å²) in [7, 11) is 0. The Kier molecular flexibility index (Phi) is 4.66. The molecule has 0 atom stereocenters. The van der Waals surface area contributed by atoms with Crippen molar-refractivity contribution in [2.75, 3.05) is 11.9 Å². The molecular weight excluding hydrogens is 250 g/mol. The van der Waals surface area contributed by atoms with Gasteiger partial charge >= 0.3 is 0 Å². The topological polar surface area (TPSA) is 64.1 Å². The summed E-state index contributed by atoms with van der Waals surface area (Å²) >= 11 is 1.40. The molecule has 2 aromatic rings. The van der Waals surface area contributed by atoms with E-state index in [1.54, 1.807) is 18.6 Å². The lowest BCUT2D eigenvalue weighted by Gasteiger charge is -2.05. The third-order valence-corrected chi connectivity index (χ3v) is 2.82. The molecule has 0 saturated heterocycles. The predicted molar refractivity (Wildman–Crippen MR) is 69.7 cm³/mol. The number of hydrogen-bond acceptors (Lipinski definition) is 5. The number of nitrogens with one attached hydrogen (secondary N) is 1. The largest absolute Gasteiger partial charge is 0.492 e. The molecule has 0 aliphatic heterocycles. The van der Waals surface area contributed by atoms with E-state index in [4.69, 9.17) is 4.74 Å². The number of pyridine rings is 1. The molecule has 0 aromatic carbocycles. The highest BCUT2D eigenvalue weighted by molar-refractivity contribution is 7.13. The van der Waals surface area contributed by atoms with E-state index in [-0.39, 0.29) is 5.91 Å². The summed E-state index contributed by atoms with van der Waals surface area (Å²) in [5.74, 6) is 0.678. The van der Waals surface area contributed by atoms with Gasteiger partial charge in [-0.05, 0) is 18.6 Å². The zero-order valence-corrected chi connectivity index (χ0v) is 10.5. The van der Waals surface area contributed by atoms with Crippen LogP contribution in [0.5, 0.6) is 5.75 Å². The molecule has 0 unspecified atom stereocenters. The Morgan fingerprint density at radius 1 is 1.44 bits per heavy atom. The van der Waals surface area contributed by atoms with Crippen LogP contribution < -0.4 is 10.1 Å². The minimum absolute atomic E-state index is 0.0419. The molecule has 0 radical (unpaired) electrons. The third kappa shape index (κ3) is 4.14. The van der Waals surface area contributed by atoms with E-state index in [0.717, 1.165) is 5.75 Å². The Labute approximate surface area is 109 Å². The zero-order chi connectivity index (χ0) is 12.6. The Balaban J connectivity index is 1.62. The number of nitrogens with zero attached hydrogens (tertiary/aromatic N) is 2. The van der Waals surface area contributed by atoms with E-state index in [2.05, 4.69) is 15.3 Å². The van der Waals surface area contributed by atoms with E-state index in [1.165, 1.54) is 11.3 Å². The van der Waals surface area contributed by atoms with Crippen LogP contribution in [0, 0.1) is 0 Å². The van der Waals surface area contributed by atoms with Crippen LogP contribution in [0.1, 0.15) is 12.8 Å². The highest BCUT2D eigenvalue weighted by Crippen LogP contribution is 2.11. The molecule has 0 aliphatic rings. The number of carbonyl (C=O) groups excluding carboxylic acids is 1. The zero-order valence-electron chi connectivity index (χ0n) is 9.70. The maximum atomic E-state index is 11.5. The predicted octanol–water partition coefficient (Wildman–Crippen LogP) is 2.34. The van der Waals surface area contributed by atoms with Crippen molar-refractivity contribution in [1.82, 2.24) is 9.97 Å². The average Bonchev–Trinajstić information content (AvgIpc) is 2.89. The van der Waals surface area contributed by atoms with Crippen LogP contribution >= 0.6 is 11.3 Å². The number of ether oxygens (including phenoxy) is 1. The fraction of sp³-hybridized carbons (Fsp3) is 0.250. The number of anilines is 1. The third-order valence-electron chi connectivity index (χ3n) is 2.13. The standard InChI is InChI=1S/C12H13N3O2S/c16-11(15-12-14-6-8-18-12)4-2-7-17-10-3-1-5-13-9-10/h1,3,5-6,8-9H,2,4,7H2,(H,14,15,16). The van der Waals surface area contributed by atoms with Gasteiger partial charge in [-0.2, -0.15) is 0 Å². The lowest BCUT2D eigenvalue weighted by molar-refractivity contribution is -0.116. The SMILES string of the molecule is O=C(CCCOc1cccnc1)Nc1nccs1. The van der Waals surface area contributed by atoms with Gasteiger partial charge in [-0.15, -0.1) is 11.3 Å². The van der Waals surface area contributed by atoms with E-state index < -0.39 is 0 Å². The average molecular weight is 263 g/mol. The number of rotatable bonds is 6. The molecule has 5 nitrogen and oxygen atoms in total. The first-order valence-corrected chi connectivity index (χ1v) is 6.45. The molecule has 6 heteroatoms. The smallest absolute Gasteiger partial charge is 0.226 e. The molecule has 2 heterocycles. The molecule has 18 heavy (non-hydrogen) atoms. The van der Waals surface area contributed by atoms with Crippen molar-refractivity contribution in [2.24, 2.45) is 0 Å². The van der Waals surface area contributed by atoms with E-state index >= 15 is 0 Å². The van der Waals surface area contributed by atoms with Gasteiger partial charge in [0.25, 0.3) is 0 Å². The second kappa shape index (κ2) is 6.70. The Hall–Kier alpha value is -1.95. The number of thiazole rings is 1. The molecule has 0 aliphatic carbocycles. The Bertz CT molecular complexity index is 473. The molecule has 2 aromatic heterocycles. The molecule has 0 bridgehead atoms. The van der Waals surface area contributed by atoms with Crippen LogP contribution in [0.3, 0.4) is 0 Å². The van der Waals surface area contributed by atoms with Crippen molar-refractivity contribution in [2.45, 2.75) is 12.8 Å². The first-order chi connectivity index (χ1) is 8.84. The molecule has 1 N–H and O–H groups in total. The van der Waals surface area contributed by atoms with Gasteiger partial charge in [0.2, 0.25) is 5.91 Å². The molecular formula is C12H13N3O2S. The van der Waals surface area contributed by atoms with Crippen LogP contribution in [0.2, 0.25) is 0 Å². The highest BCUT2D eigenvalue weighted by Gasteiger charge is 2.03.